The highest BCUT2D eigenvalue weighted by molar-refractivity contribution is 7.91. The largest absolute Gasteiger partial charge is 0.334 e. The summed E-state index contributed by atoms with van der Waals surface area (Å²) in [6.45, 7) is 2.27. The van der Waals surface area contributed by atoms with Crippen molar-refractivity contribution in [2.24, 2.45) is 7.05 Å². The minimum Gasteiger partial charge on any atom is -0.334 e. The van der Waals surface area contributed by atoms with E-state index in [1.54, 1.807) is 12.4 Å². The Morgan fingerprint density at radius 2 is 2.09 bits per heavy atom. The first-order valence-electron chi connectivity index (χ1n) is 6.92. The number of fused-ring (bicyclic) bond motifs is 1. The van der Waals surface area contributed by atoms with Gasteiger partial charge in [-0.3, -0.25) is 0 Å². The van der Waals surface area contributed by atoms with Crippen LogP contribution in [0.3, 0.4) is 0 Å². The Balaban J connectivity index is 1.66. The first kappa shape index (κ1) is 15.2. The summed E-state index contributed by atoms with van der Waals surface area (Å²) in [6, 6.07) is 9.47. The number of rotatable bonds is 5. The second-order valence-corrected chi connectivity index (χ2v) is 8.47. The highest BCUT2D eigenvalue weighted by Gasteiger charge is 2.15. The van der Waals surface area contributed by atoms with E-state index in [4.69, 9.17) is 0 Å². The lowest BCUT2D eigenvalue weighted by atomic mass is 10.1. The van der Waals surface area contributed by atoms with Gasteiger partial charge in [-0.05, 0) is 43.2 Å². The molecule has 0 saturated heterocycles. The minimum absolute atomic E-state index is 0.366. The summed E-state index contributed by atoms with van der Waals surface area (Å²) in [6.07, 6.45) is 2.41. The molecule has 0 amide bonds. The molecule has 2 heterocycles. The number of hydrogen-bond acceptors (Lipinski definition) is 4. The van der Waals surface area contributed by atoms with Gasteiger partial charge in [-0.15, -0.1) is 11.3 Å². The van der Waals surface area contributed by atoms with Crippen LogP contribution in [-0.4, -0.2) is 24.5 Å². The average Bonchev–Trinajstić information content (AvgIpc) is 3.06. The molecule has 0 atom stereocenters. The van der Waals surface area contributed by atoms with Crippen LogP contribution < -0.4 is 4.72 Å². The van der Waals surface area contributed by atoms with Crippen LogP contribution in [0.25, 0.3) is 11.0 Å². The maximum absolute atomic E-state index is 12.1. The fourth-order valence-corrected chi connectivity index (χ4v) is 4.65. The fourth-order valence-electron chi connectivity index (χ4n) is 2.29. The highest BCUT2D eigenvalue weighted by atomic mass is 32.2. The lowest BCUT2D eigenvalue weighted by Crippen LogP contribution is -2.25. The summed E-state index contributed by atoms with van der Waals surface area (Å²) in [5.41, 5.74) is 3.06. The Hall–Kier alpha value is -1.70. The van der Waals surface area contributed by atoms with Crippen molar-refractivity contribution in [1.29, 1.82) is 0 Å². The lowest BCUT2D eigenvalue weighted by Gasteiger charge is -2.05. The molecule has 0 radical (unpaired) electrons. The van der Waals surface area contributed by atoms with E-state index in [2.05, 4.69) is 9.71 Å². The number of thiophene rings is 1. The van der Waals surface area contributed by atoms with Crippen LogP contribution in [-0.2, 0) is 23.5 Å². The normalized spacial score (nSPS) is 12.1. The topological polar surface area (TPSA) is 64.0 Å². The summed E-state index contributed by atoms with van der Waals surface area (Å²) < 4.78 is 29.2. The van der Waals surface area contributed by atoms with Gasteiger partial charge in [-0.2, -0.15) is 0 Å². The molecule has 0 bridgehead atoms. The zero-order valence-electron chi connectivity index (χ0n) is 12.4. The third kappa shape index (κ3) is 3.06. The van der Waals surface area contributed by atoms with Crippen LogP contribution in [0, 0.1) is 6.92 Å². The smallest absolute Gasteiger partial charge is 0.250 e. The van der Waals surface area contributed by atoms with Gasteiger partial charge in [0.2, 0.25) is 10.0 Å². The zero-order valence-corrected chi connectivity index (χ0v) is 14.0. The number of nitrogens with zero attached hydrogens (tertiary/aromatic N) is 2. The standard InChI is InChI=1S/C15H17N3O2S2/c1-11-3-6-15(21-11)22(19,20)17-8-7-12-4-5-14-13(9-12)16-10-18(14)2/h3-6,9-10,17H,7-8H2,1-2H3. The number of hydrogen-bond donors (Lipinski definition) is 1. The molecule has 116 valence electrons. The Labute approximate surface area is 133 Å². The van der Waals surface area contributed by atoms with Gasteiger partial charge in [-0.25, -0.2) is 18.1 Å². The van der Waals surface area contributed by atoms with Crippen LogP contribution >= 0.6 is 11.3 Å². The van der Waals surface area contributed by atoms with Crippen LogP contribution in [0.15, 0.2) is 40.9 Å². The molecule has 0 aliphatic rings. The molecular weight excluding hydrogens is 318 g/mol. The molecule has 3 aromatic rings. The molecule has 1 N–H and O–H groups in total. The second-order valence-electron chi connectivity index (χ2n) is 5.19. The van der Waals surface area contributed by atoms with Gasteiger partial charge in [-0.1, -0.05) is 6.07 Å². The number of imidazole rings is 1. The fraction of sp³-hybridized carbons (Fsp3) is 0.267. The first-order valence-corrected chi connectivity index (χ1v) is 9.22. The molecule has 0 aliphatic carbocycles. The van der Waals surface area contributed by atoms with Gasteiger partial charge in [0, 0.05) is 18.5 Å². The first-order chi connectivity index (χ1) is 10.5. The van der Waals surface area contributed by atoms with Gasteiger partial charge in [0.25, 0.3) is 0 Å². The molecule has 0 fully saturated rings. The summed E-state index contributed by atoms with van der Waals surface area (Å²) in [5.74, 6) is 0. The summed E-state index contributed by atoms with van der Waals surface area (Å²) in [7, 11) is -1.45. The molecule has 0 aliphatic heterocycles. The average molecular weight is 335 g/mol. The highest BCUT2D eigenvalue weighted by Crippen LogP contribution is 2.20. The van der Waals surface area contributed by atoms with Gasteiger partial charge < -0.3 is 4.57 Å². The monoisotopic (exact) mass is 335 g/mol. The van der Waals surface area contributed by atoms with Crippen molar-refractivity contribution >= 4 is 32.4 Å². The SMILES string of the molecule is Cc1ccc(S(=O)(=O)NCCc2ccc3c(c2)ncn3C)s1. The van der Waals surface area contributed by atoms with E-state index in [1.807, 2.05) is 42.8 Å². The van der Waals surface area contributed by atoms with E-state index >= 15 is 0 Å². The van der Waals surface area contributed by atoms with Gasteiger partial charge in [0.05, 0.1) is 17.4 Å². The number of sulfonamides is 1. The van der Waals surface area contributed by atoms with Crippen molar-refractivity contribution in [1.82, 2.24) is 14.3 Å². The number of benzene rings is 1. The molecule has 0 saturated carbocycles. The second kappa shape index (κ2) is 5.83. The molecule has 0 unspecified atom stereocenters. The van der Waals surface area contributed by atoms with E-state index in [1.165, 1.54) is 11.3 Å². The number of nitrogens with one attached hydrogen (secondary N) is 1. The van der Waals surface area contributed by atoms with Crippen molar-refractivity contribution in [3.05, 3.63) is 47.1 Å². The van der Waals surface area contributed by atoms with E-state index in [0.717, 1.165) is 21.5 Å². The molecule has 7 heteroatoms. The summed E-state index contributed by atoms with van der Waals surface area (Å²) in [4.78, 5) is 5.30. The summed E-state index contributed by atoms with van der Waals surface area (Å²) in [5, 5.41) is 0. The van der Waals surface area contributed by atoms with E-state index in [0.29, 0.717) is 17.2 Å². The van der Waals surface area contributed by atoms with Gasteiger partial charge in [0.1, 0.15) is 4.21 Å². The predicted octanol–water partition coefficient (Wildman–Crippen LogP) is 2.46. The maximum atomic E-state index is 12.1. The lowest BCUT2D eigenvalue weighted by molar-refractivity contribution is 0.584. The molecular formula is C15H17N3O2S2. The van der Waals surface area contributed by atoms with Crippen molar-refractivity contribution < 1.29 is 8.42 Å². The Morgan fingerprint density at radius 1 is 1.27 bits per heavy atom. The zero-order chi connectivity index (χ0) is 15.7. The van der Waals surface area contributed by atoms with Crippen molar-refractivity contribution in [2.75, 3.05) is 6.54 Å². The molecule has 2 aromatic heterocycles. The molecule has 0 spiro atoms. The van der Waals surface area contributed by atoms with Crippen LogP contribution in [0.5, 0.6) is 0 Å². The third-order valence-corrected chi connectivity index (χ3v) is 6.43. The van der Waals surface area contributed by atoms with Crippen molar-refractivity contribution in [3.63, 3.8) is 0 Å². The molecule has 1 aromatic carbocycles. The number of aromatic nitrogens is 2. The molecule has 5 nitrogen and oxygen atoms in total. The van der Waals surface area contributed by atoms with E-state index < -0.39 is 10.0 Å². The minimum atomic E-state index is -3.40. The quantitative estimate of drug-likeness (QED) is 0.779. The summed E-state index contributed by atoms with van der Waals surface area (Å²) >= 11 is 1.28. The van der Waals surface area contributed by atoms with Crippen molar-refractivity contribution in [2.45, 2.75) is 17.6 Å². The molecule has 3 rings (SSSR count). The van der Waals surface area contributed by atoms with Crippen LogP contribution in [0.2, 0.25) is 0 Å². The Kier molecular flexibility index (Phi) is 4.03. The maximum Gasteiger partial charge on any atom is 0.250 e. The van der Waals surface area contributed by atoms with Gasteiger partial charge in [0.15, 0.2) is 0 Å². The predicted molar refractivity (Wildman–Crippen MR) is 88.7 cm³/mol. The Bertz CT molecular complexity index is 910. The Morgan fingerprint density at radius 3 is 2.82 bits per heavy atom. The third-order valence-electron chi connectivity index (χ3n) is 3.48. The molecule has 22 heavy (non-hydrogen) atoms. The number of aryl methyl sites for hydroxylation is 2. The van der Waals surface area contributed by atoms with E-state index in [-0.39, 0.29) is 0 Å². The van der Waals surface area contributed by atoms with E-state index in [9.17, 15) is 8.42 Å². The van der Waals surface area contributed by atoms with Gasteiger partial charge >= 0.3 is 0 Å². The van der Waals surface area contributed by atoms with Crippen LogP contribution in [0.4, 0.5) is 0 Å². The van der Waals surface area contributed by atoms with Crippen molar-refractivity contribution in [3.8, 4) is 0 Å². The van der Waals surface area contributed by atoms with Crippen LogP contribution in [0.1, 0.15) is 10.4 Å².